The highest BCUT2D eigenvalue weighted by molar-refractivity contribution is 6.31. The van der Waals surface area contributed by atoms with E-state index in [2.05, 4.69) is 10.6 Å². The third-order valence-electron chi connectivity index (χ3n) is 4.59. The van der Waals surface area contributed by atoms with E-state index < -0.39 is 18.2 Å². The van der Waals surface area contributed by atoms with Crippen molar-refractivity contribution in [3.63, 3.8) is 0 Å². The highest BCUT2D eigenvalue weighted by Crippen LogP contribution is 2.44. The summed E-state index contributed by atoms with van der Waals surface area (Å²) in [5, 5.41) is 3.99. The Hall–Kier alpha value is -1.31. The standard InChI is InChI=1S/C19H29ClF3N3O.C2H6/c1-5-7-16(25-24)11-14(4)17-12-18(27-26-17,19(21,22)23)9-8-15(20)10-13(3)6-2;1-2/h8,10-11,16,25H,5-7,9,12,24H2,1-4H3;1-2H3/b13-10-,14-11+,15-8+;. The summed E-state index contributed by atoms with van der Waals surface area (Å²) >= 11 is 6.06. The molecule has 0 bridgehead atoms. The third kappa shape index (κ3) is 8.52. The second-order valence-corrected chi connectivity index (χ2v) is 7.28. The molecule has 3 N–H and O–H groups in total. The average Bonchev–Trinajstić information content (AvgIpc) is 3.13. The molecule has 8 heteroatoms. The molecule has 0 aromatic carbocycles. The van der Waals surface area contributed by atoms with Crippen LogP contribution in [0.25, 0.3) is 0 Å². The molecule has 0 saturated heterocycles. The van der Waals surface area contributed by atoms with E-state index in [-0.39, 0.29) is 23.2 Å². The summed E-state index contributed by atoms with van der Waals surface area (Å²) in [5.41, 5.74) is 2.12. The van der Waals surface area contributed by atoms with E-state index in [9.17, 15) is 13.2 Å². The van der Waals surface area contributed by atoms with Gasteiger partial charge in [-0.25, -0.2) is 0 Å². The Morgan fingerprint density at radius 1 is 1.34 bits per heavy atom. The first kappa shape index (κ1) is 27.7. The van der Waals surface area contributed by atoms with Crippen LogP contribution in [-0.4, -0.2) is 23.5 Å². The second kappa shape index (κ2) is 13.1. The first-order valence-electron chi connectivity index (χ1n) is 10.1. The van der Waals surface area contributed by atoms with Gasteiger partial charge in [0.05, 0.1) is 5.71 Å². The zero-order valence-electron chi connectivity index (χ0n) is 18.3. The number of hydrazine groups is 1. The average molecular weight is 438 g/mol. The second-order valence-electron chi connectivity index (χ2n) is 6.85. The number of allylic oxidation sites excluding steroid dienone is 4. The Bertz CT molecular complexity index is 627. The maximum Gasteiger partial charge on any atom is 0.431 e. The molecular formula is C21H35ClF3N3O. The summed E-state index contributed by atoms with van der Waals surface area (Å²) in [4.78, 5) is 4.94. The predicted molar refractivity (Wildman–Crippen MR) is 116 cm³/mol. The van der Waals surface area contributed by atoms with Gasteiger partial charge >= 0.3 is 6.18 Å². The lowest BCUT2D eigenvalue weighted by molar-refractivity contribution is -0.267. The predicted octanol–water partition coefficient (Wildman–Crippen LogP) is 6.54. The molecule has 168 valence electrons. The normalized spacial score (nSPS) is 21.9. The molecule has 29 heavy (non-hydrogen) atoms. The first-order chi connectivity index (χ1) is 13.6. The zero-order chi connectivity index (χ0) is 22.7. The van der Waals surface area contributed by atoms with Crippen LogP contribution in [-0.2, 0) is 4.84 Å². The van der Waals surface area contributed by atoms with Crippen LogP contribution in [0.15, 0.2) is 39.6 Å². The lowest BCUT2D eigenvalue weighted by Crippen LogP contribution is -2.45. The number of nitrogens with zero attached hydrogens (tertiary/aromatic N) is 1. The van der Waals surface area contributed by atoms with Crippen molar-refractivity contribution in [1.29, 1.82) is 0 Å². The van der Waals surface area contributed by atoms with E-state index in [4.69, 9.17) is 22.3 Å². The van der Waals surface area contributed by atoms with Gasteiger partial charge in [-0.2, -0.15) is 13.2 Å². The van der Waals surface area contributed by atoms with Crippen LogP contribution in [0.4, 0.5) is 13.2 Å². The minimum absolute atomic E-state index is 0.130. The summed E-state index contributed by atoms with van der Waals surface area (Å²) < 4.78 is 41.2. The van der Waals surface area contributed by atoms with Gasteiger partial charge in [0.25, 0.3) is 0 Å². The van der Waals surface area contributed by atoms with Gasteiger partial charge in [-0.1, -0.05) is 68.6 Å². The van der Waals surface area contributed by atoms with Gasteiger partial charge in [-0.05, 0) is 38.3 Å². The molecule has 2 unspecified atom stereocenters. The van der Waals surface area contributed by atoms with Crippen molar-refractivity contribution in [3.05, 3.63) is 34.4 Å². The molecule has 0 fully saturated rings. The number of alkyl halides is 3. The van der Waals surface area contributed by atoms with Gasteiger partial charge in [0.1, 0.15) is 0 Å². The first-order valence-corrected chi connectivity index (χ1v) is 10.5. The Morgan fingerprint density at radius 2 is 1.97 bits per heavy atom. The summed E-state index contributed by atoms with van der Waals surface area (Å²) in [5.74, 6) is 5.49. The Kier molecular flexibility index (Phi) is 12.5. The fraction of sp³-hybridized carbons (Fsp3) is 0.667. The molecule has 1 rings (SSSR count). The lowest BCUT2D eigenvalue weighted by atomic mass is 9.89. The van der Waals surface area contributed by atoms with Gasteiger partial charge in [-0.15, -0.1) is 0 Å². The number of oxime groups is 1. The van der Waals surface area contributed by atoms with Crippen LogP contribution < -0.4 is 11.3 Å². The monoisotopic (exact) mass is 437 g/mol. The number of hydrogen-bond acceptors (Lipinski definition) is 4. The third-order valence-corrected chi connectivity index (χ3v) is 4.85. The van der Waals surface area contributed by atoms with Gasteiger partial charge in [0.2, 0.25) is 5.60 Å². The SMILES string of the molecule is CC.CCCC(/C=C(\C)C1=NOC(C/C=C(Cl)\C=C(\C)CC)(C(F)(F)F)C1)NN. The molecule has 2 atom stereocenters. The number of rotatable bonds is 9. The molecule has 0 amide bonds. The maximum atomic E-state index is 13.7. The van der Waals surface area contributed by atoms with E-state index in [0.29, 0.717) is 5.57 Å². The van der Waals surface area contributed by atoms with E-state index in [1.54, 1.807) is 19.1 Å². The molecule has 0 aromatic heterocycles. The van der Waals surface area contributed by atoms with Crippen molar-refractivity contribution in [2.75, 3.05) is 0 Å². The molecule has 4 nitrogen and oxygen atoms in total. The molecule has 0 aromatic rings. The summed E-state index contributed by atoms with van der Waals surface area (Å²) in [6, 6.07) is -0.130. The summed E-state index contributed by atoms with van der Waals surface area (Å²) in [7, 11) is 0. The number of hydrogen-bond donors (Lipinski definition) is 2. The van der Waals surface area contributed by atoms with Crippen molar-refractivity contribution < 1.29 is 18.0 Å². The van der Waals surface area contributed by atoms with Crippen molar-refractivity contribution in [2.45, 2.75) is 91.5 Å². The van der Waals surface area contributed by atoms with Gasteiger partial charge in [0, 0.05) is 23.9 Å². The van der Waals surface area contributed by atoms with E-state index in [1.807, 2.05) is 34.6 Å². The minimum Gasteiger partial charge on any atom is -0.378 e. The maximum absolute atomic E-state index is 13.7. The topological polar surface area (TPSA) is 59.6 Å². The van der Waals surface area contributed by atoms with Crippen LogP contribution in [0.5, 0.6) is 0 Å². The van der Waals surface area contributed by atoms with Gasteiger partial charge < -0.3 is 4.84 Å². The van der Waals surface area contributed by atoms with Crippen molar-refractivity contribution in [1.82, 2.24) is 5.43 Å². The fourth-order valence-corrected chi connectivity index (χ4v) is 2.91. The molecule has 0 aliphatic carbocycles. The molecule has 1 heterocycles. The van der Waals surface area contributed by atoms with Crippen LogP contribution in [0, 0.1) is 0 Å². The quantitative estimate of drug-likeness (QED) is 0.244. The number of halogens is 4. The van der Waals surface area contributed by atoms with Gasteiger partial charge in [-0.3, -0.25) is 11.3 Å². The Balaban J connectivity index is 0.00000379. The largest absolute Gasteiger partial charge is 0.431 e. The summed E-state index contributed by atoms with van der Waals surface area (Å²) in [6.07, 6.45) is 1.88. The van der Waals surface area contributed by atoms with Crippen molar-refractivity contribution in [2.24, 2.45) is 11.0 Å². The number of nitrogens with two attached hydrogens (primary N) is 1. The highest BCUT2D eigenvalue weighted by Gasteiger charge is 2.60. The highest BCUT2D eigenvalue weighted by atomic mass is 35.5. The van der Waals surface area contributed by atoms with E-state index >= 15 is 0 Å². The smallest absolute Gasteiger partial charge is 0.378 e. The van der Waals surface area contributed by atoms with Crippen LogP contribution in [0.2, 0.25) is 0 Å². The van der Waals surface area contributed by atoms with Crippen LogP contribution >= 0.6 is 11.6 Å². The van der Waals surface area contributed by atoms with Gasteiger partial charge in [0.15, 0.2) is 0 Å². The molecule has 0 spiro atoms. The lowest BCUT2D eigenvalue weighted by Gasteiger charge is -2.28. The summed E-state index contributed by atoms with van der Waals surface area (Å²) in [6.45, 7) is 11.5. The van der Waals surface area contributed by atoms with Crippen molar-refractivity contribution >= 4 is 17.3 Å². The van der Waals surface area contributed by atoms with Crippen molar-refractivity contribution in [3.8, 4) is 0 Å². The minimum atomic E-state index is -4.58. The van der Waals surface area contributed by atoms with Crippen LogP contribution in [0.3, 0.4) is 0 Å². The molecular weight excluding hydrogens is 403 g/mol. The molecule has 0 saturated carbocycles. The molecule has 0 radical (unpaired) electrons. The number of nitrogens with one attached hydrogen (secondary N) is 1. The van der Waals surface area contributed by atoms with E-state index in [1.165, 1.54) is 6.08 Å². The Labute approximate surface area is 178 Å². The molecule has 1 aliphatic rings. The van der Waals surface area contributed by atoms with E-state index in [0.717, 1.165) is 24.8 Å². The fourth-order valence-electron chi connectivity index (χ4n) is 2.65. The Morgan fingerprint density at radius 3 is 2.45 bits per heavy atom. The van der Waals surface area contributed by atoms with Crippen LogP contribution in [0.1, 0.15) is 73.6 Å². The molecule has 1 aliphatic heterocycles. The zero-order valence-corrected chi connectivity index (χ0v) is 19.0.